The maximum Gasteiger partial charge on any atom is -0.00201 e. The van der Waals surface area contributed by atoms with Crippen LogP contribution in [-0.2, 0) is 0 Å². The van der Waals surface area contributed by atoms with Crippen LogP contribution in [0.5, 0.6) is 0 Å². The number of fused-ring (bicyclic) bond motifs is 3. The van der Waals surface area contributed by atoms with Crippen molar-refractivity contribution in [2.45, 2.75) is 0 Å². The van der Waals surface area contributed by atoms with E-state index in [1.807, 2.05) is 0 Å². The van der Waals surface area contributed by atoms with Gasteiger partial charge in [-0.25, -0.2) is 0 Å². The van der Waals surface area contributed by atoms with E-state index in [2.05, 4.69) is 194 Å². The standard InChI is InChI=1S/C46H32/c1-3-13-33(14-4-1)23-24-35-26-28-37(27-25-34-15-5-2-6-16-34)44(31-35)46-42-21-11-9-19-40(42)45(41-20-10-12-22-43(41)46)39-30-29-36-17-7-8-18-38(36)32-39/h1-32H. The van der Waals surface area contributed by atoms with Crippen molar-refractivity contribution in [3.05, 3.63) is 192 Å². The molecule has 0 saturated carbocycles. The molecule has 0 unspecified atom stereocenters. The Labute approximate surface area is 270 Å². The average Bonchev–Trinajstić information content (AvgIpc) is 3.13. The zero-order valence-electron chi connectivity index (χ0n) is 25.5. The minimum Gasteiger partial charge on any atom is -0.0622 e. The second kappa shape index (κ2) is 12.2. The fourth-order valence-electron chi connectivity index (χ4n) is 6.62. The summed E-state index contributed by atoms with van der Waals surface area (Å²) in [5.41, 5.74) is 9.73. The van der Waals surface area contributed by atoms with Crippen LogP contribution < -0.4 is 0 Å². The van der Waals surface area contributed by atoms with E-state index in [9.17, 15) is 0 Å². The SMILES string of the molecule is C(=Cc1ccc(C=Cc2ccccc2)c(-c2c3ccccc3c(-c3ccc4ccccc4c3)c3ccccc23)c1)c1ccccc1. The van der Waals surface area contributed by atoms with Crippen LogP contribution in [0.4, 0.5) is 0 Å². The van der Waals surface area contributed by atoms with Crippen molar-refractivity contribution in [2.24, 2.45) is 0 Å². The van der Waals surface area contributed by atoms with E-state index in [-0.39, 0.29) is 0 Å². The molecule has 0 aliphatic carbocycles. The number of hydrogen-bond acceptors (Lipinski definition) is 0. The Kier molecular flexibility index (Phi) is 7.30. The Morgan fingerprint density at radius 1 is 0.304 bits per heavy atom. The molecule has 216 valence electrons. The Morgan fingerprint density at radius 2 is 0.804 bits per heavy atom. The largest absolute Gasteiger partial charge is 0.0622 e. The minimum absolute atomic E-state index is 1.17. The summed E-state index contributed by atoms with van der Waals surface area (Å²) in [6.07, 6.45) is 8.89. The molecule has 0 atom stereocenters. The molecule has 0 heterocycles. The summed E-state index contributed by atoms with van der Waals surface area (Å²) in [4.78, 5) is 0. The van der Waals surface area contributed by atoms with Gasteiger partial charge in [0.1, 0.15) is 0 Å². The summed E-state index contributed by atoms with van der Waals surface area (Å²) in [5, 5.41) is 7.53. The minimum atomic E-state index is 1.17. The van der Waals surface area contributed by atoms with E-state index in [1.54, 1.807) is 0 Å². The molecular weight excluding hydrogens is 553 g/mol. The number of hydrogen-bond donors (Lipinski definition) is 0. The van der Waals surface area contributed by atoms with Crippen LogP contribution >= 0.6 is 0 Å². The van der Waals surface area contributed by atoms with Crippen molar-refractivity contribution in [3.8, 4) is 22.3 Å². The van der Waals surface area contributed by atoms with Crippen molar-refractivity contribution in [2.75, 3.05) is 0 Å². The van der Waals surface area contributed by atoms with E-state index in [0.717, 1.165) is 0 Å². The lowest BCUT2D eigenvalue weighted by Gasteiger charge is -2.19. The zero-order valence-corrected chi connectivity index (χ0v) is 25.5. The van der Waals surface area contributed by atoms with E-state index in [1.165, 1.54) is 76.8 Å². The van der Waals surface area contributed by atoms with Crippen LogP contribution in [0.25, 0.3) is 78.9 Å². The second-order valence-corrected chi connectivity index (χ2v) is 11.7. The fourth-order valence-corrected chi connectivity index (χ4v) is 6.62. The topological polar surface area (TPSA) is 0 Å². The molecule has 0 aromatic heterocycles. The monoisotopic (exact) mass is 584 g/mol. The predicted octanol–water partition coefficient (Wildman–Crippen LogP) is 12.8. The van der Waals surface area contributed by atoms with Gasteiger partial charge in [-0.2, -0.15) is 0 Å². The Balaban J connectivity index is 1.39. The first-order valence-corrected chi connectivity index (χ1v) is 15.9. The van der Waals surface area contributed by atoms with Gasteiger partial charge < -0.3 is 0 Å². The Morgan fingerprint density at radius 3 is 1.43 bits per heavy atom. The van der Waals surface area contributed by atoms with Gasteiger partial charge >= 0.3 is 0 Å². The highest BCUT2D eigenvalue weighted by Gasteiger charge is 2.18. The number of rotatable bonds is 6. The van der Waals surface area contributed by atoms with Crippen molar-refractivity contribution >= 4 is 56.6 Å². The van der Waals surface area contributed by atoms with Gasteiger partial charge in [-0.1, -0.05) is 182 Å². The summed E-state index contributed by atoms with van der Waals surface area (Å²) in [6, 6.07) is 61.2. The third-order valence-corrected chi connectivity index (χ3v) is 8.84. The molecule has 8 aromatic carbocycles. The lowest BCUT2D eigenvalue weighted by molar-refractivity contribution is 1.60. The smallest absolute Gasteiger partial charge is 0.00201 e. The van der Waals surface area contributed by atoms with E-state index in [4.69, 9.17) is 0 Å². The predicted molar refractivity (Wildman–Crippen MR) is 201 cm³/mol. The summed E-state index contributed by atoms with van der Waals surface area (Å²) in [7, 11) is 0. The molecule has 0 aliphatic heterocycles. The maximum atomic E-state index is 2.36. The summed E-state index contributed by atoms with van der Waals surface area (Å²) < 4.78 is 0. The molecule has 46 heavy (non-hydrogen) atoms. The van der Waals surface area contributed by atoms with Crippen LogP contribution in [-0.4, -0.2) is 0 Å². The summed E-state index contributed by atoms with van der Waals surface area (Å²) >= 11 is 0. The van der Waals surface area contributed by atoms with Crippen LogP contribution in [0.2, 0.25) is 0 Å². The molecule has 0 nitrogen and oxygen atoms in total. The average molecular weight is 585 g/mol. The van der Waals surface area contributed by atoms with Gasteiger partial charge in [0.2, 0.25) is 0 Å². The highest BCUT2D eigenvalue weighted by molar-refractivity contribution is 6.22. The molecular formula is C46H32. The first kappa shape index (κ1) is 27.6. The van der Waals surface area contributed by atoms with Crippen LogP contribution in [0.15, 0.2) is 170 Å². The molecule has 0 radical (unpaired) electrons. The summed E-state index contributed by atoms with van der Waals surface area (Å²) in [5.74, 6) is 0. The zero-order chi connectivity index (χ0) is 30.7. The molecule has 8 rings (SSSR count). The lowest BCUT2D eigenvalue weighted by Crippen LogP contribution is -1.93. The van der Waals surface area contributed by atoms with Crippen molar-refractivity contribution in [3.63, 3.8) is 0 Å². The van der Waals surface area contributed by atoms with Gasteiger partial charge in [0, 0.05) is 0 Å². The quantitative estimate of drug-likeness (QED) is 0.135. The van der Waals surface area contributed by atoms with Crippen LogP contribution in [0.3, 0.4) is 0 Å². The number of benzene rings is 8. The van der Waals surface area contributed by atoms with E-state index < -0.39 is 0 Å². The Hall–Kier alpha value is -5.98. The first-order valence-electron chi connectivity index (χ1n) is 15.9. The molecule has 0 heteroatoms. The molecule has 0 saturated heterocycles. The molecule has 0 N–H and O–H groups in total. The van der Waals surface area contributed by atoms with Gasteiger partial charge in [-0.05, 0) is 89.0 Å². The third kappa shape index (κ3) is 5.31. The first-order chi connectivity index (χ1) is 22.8. The maximum absolute atomic E-state index is 2.36. The second-order valence-electron chi connectivity index (χ2n) is 11.7. The molecule has 0 fully saturated rings. The van der Waals surface area contributed by atoms with Crippen molar-refractivity contribution < 1.29 is 0 Å². The molecule has 0 spiro atoms. The molecule has 0 amide bonds. The van der Waals surface area contributed by atoms with E-state index >= 15 is 0 Å². The lowest BCUT2D eigenvalue weighted by atomic mass is 9.84. The summed E-state index contributed by atoms with van der Waals surface area (Å²) in [6.45, 7) is 0. The van der Waals surface area contributed by atoms with Gasteiger partial charge in [0.05, 0.1) is 0 Å². The van der Waals surface area contributed by atoms with Gasteiger partial charge in [0.25, 0.3) is 0 Å². The molecule has 0 bridgehead atoms. The van der Waals surface area contributed by atoms with Crippen LogP contribution in [0, 0.1) is 0 Å². The highest BCUT2D eigenvalue weighted by Crippen LogP contribution is 2.45. The highest BCUT2D eigenvalue weighted by atomic mass is 14.2. The van der Waals surface area contributed by atoms with Gasteiger partial charge in [-0.3, -0.25) is 0 Å². The van der Waals surface area contributed by atoms with Crippen molar-refractivity contribution in [1.29, 1.82) is 0 Å². The van der Waals surface area contributed by atoms with Gasteiger partial charge in [-0.15, -0.1) is 0 Å². The Bertz CT molecular complexity index is 2340. The van der Waals surface area contributed by atoms with Gasteiger partial charge in [0.15, 0.2) is 0 Å². The normalized spacial score (nSPS) is 11.7. The van der Waals surface area contributed by atoms with Crippen molar-refractivity contribution in [1.82, 2.24) is 0 Å². The third-order valence-electron chi connectivity index (χ3n) is 8.84. The molecule has 8 aromatic rings. The van der Waals surface area contributed by atoms with E-state index in [0.29, 0.717) is 0 Å². The van der Waals surface area contributed by atoms with Crippen LogP contribution in [0.1, 0.15) is 22.3 Å². The fraction of sp³-hybridized carbons (Fsp3) is 0. The molecule has 0 aliphatic rings.